The lowest BCUT2D eigenvalue weighted by atomic mass is 9.50. The highest BCUT2D eigenvalue weighted by Crippen LogP contribution is 2.58. The highest BCUT2D eigenvalue weighted by molar-refractivity contribution is 5.84. The molecular formula is C37H45N3O6. The van der Waals surface area contributed by atoms with Crippen LogP contribution in [0.4, 0.5) is 5.69 Å². The number of non-ortho nitro benzene ring substituents is 1. The van der Waals surface area contributed by atoms with Crippen LogP contribution in [-0.4, -0.2) is 63.7 Å². The predicted octanol–water partition coefficient (Wildman–Crippen LogP) is 6.47. The van der Waals surface area contributed by atoms with Crippen molar-refractivity contribution in [2.45, 2.75) is 76.3 Å². The highest BCUT2D eigenvalue weighted by atomic mass is 16.6. The van der Waals surface area contributed by atoms with Gasteiger partial charge in [0.25, 0.3) is 5.69 Å². The molecule has 9 heteroatoms. The van der Waals surface area contributed by atoms with Gasteiger partial charge in [-0.2, -0.15) is 0 Å². The van der Waals surface area contributed by atoms with Crippen molar-refractivity contribution < 1.29 is 24.7 Å². The van der Waals surface area contributed by atoms with Crippen LogP contribution in [0.25, 0.3) is 0 Å². The molecule has 3 N–H and O–H groups in total. The van der Waals surface area contributed by atoms with Crippen molar-refractivity contribution in [3.05, 3.63) is 112 Å². The SMILES string of the molecule is CCC1NC(CC)C(CCN2CCC(c3ccccc3)(c3ccccc3)CC2)(C(=O)O)C(c2cccc([N+](=O)[O-])c2)C1(C)C(=O)O. The first-order valence-corrected chi connectivity index (χ1v) is 16.3. The summed E-state index contributed by atoms with van der Waals surface area (Å²) in [5.41, 5.74) is -0.507. The predicted molar refractivity (Wildman–Crippen MR) is 177 cm³/mol. The average molecular weight is 628 g/mol. The van der Waals surface area contributed by atoms with Crippen LogP contribution in [0.2, 0.25) is 0 Å². The minimum absolute atomic E-state index is 0.163. The van der Waals surface area contributed by atoms with Gasteiger partial charge in [0.05, 0.1) is 15.8 Å². The van der Waals surface area contributed by atoms with Crippen molar-refractivity contribution >= 4 is 17.6 Å². The zero-order chi connectivity index (χ0) is 33.1. The number of rotatable bonds is 11. The fraction of sp³-hybridized carbons (Fsp3) is 0.459. The maximum Gasteiger partial charge on any atom is 0.311 e. The topological polar surface area (TPSA) is 133 Å². The Kier molecular flexibility index (Phi) is 9.65. The number of benzene rings is 3. The Morgan fingerprint density at radius 3 is 1.91 bits per heavy atom. The maximum absolute atomic E-state index is 13.7. The lowest BCUT2D eigenvalue weighted by Gasteiger charge is -2.58. The fourth-order valence-electron chi connectivity index (χ4n) is 8.72. The number of carboxylic acid groups (broad SMARTS) is 2. The summed E-state index contributed by atoms with van der Waals surface area (Å²) in [5, 5.41) is 37.3. The van der Waals surface area contributed by atoms with Gasteiger partial charge < -0.3 is 20.4 Å². The van der Waals surface area contributed by atoms with Gasteiger partial charge in [0.2, 0.25) is 0 Å². The van der Waals surface area contributed by atoms with E-state index in [4.69, 9.17) is 0 Å². The van der Waals surface area contributed by atoms with E-state index < -0.39 is 45.7 Å². The Bertz CT molecular complexity index is 1500. The Morgan fingerprint density at radius 1 is 0.870 bits per heavy atom. The van der Waals surface area contributed by atoms with Gasteiger partial charge in [0, 0.05) is 35.5 Å². The number of hydrogen-bond acceptors (Lipinski definition) is 6. The Hall–Kier alpha value is -4.08. The van der Waals surface area contributed by atoms with Crippen LogP contribution in [-0.2, 0) is 15.0 Å². The first kappa shape index (κ1) is 33.3. The molecule has 46 heavy (non-hydrogen) atoms. The Balaban J connectivity index is 1.52. The molecule has 0 radical (unpaired) electrons. The van der Waals surface area contributed by atoms with Crippen LogP contribution in [0.15, 0.2) is 84.9 Å². The molecule has 2 aliphatic heterocycles. The molecule has 0 spiro atoms. The van der Waals surface area contributed by atoms with Crippen molar-refractivity contribution in [2.24, 2.45) is 10.8 Å². The molecule has 2 aliphatic rings. The lowest BCUT2D eigenvalue weighted by Crippen LogP contribution is -2.70. The van der Waals surface area contributed by atoms with E-state index in [-0.39, 0.29) is 17.5 Å². The Labute approximate surface area is 270 Å². The van der Waals surface area contributed by atoms with Crippen LogP contribution >= 0.6 is 0 Å². The van der Waals surface area contributed by atoms with E-state index in [1.165, 1.54) is 29.3 Å². The molecule has 2 heterocycles. The number of piperidine rings is 2. The molecule has 0 amide bonds. The summed E-state index contributed by atoms with van der Waals surface area (Å²) in [7, 11) is 0. The van der Waals surface area contributed by atoms with Crippen molar-refractivity contribution in [1.29, 1.82) is 0 Å². The fourth-order valence-corrected chi connectivity index (χ4v) is 8.72. The van der Waals surface area contributed by atoms with Crippen LogP contribution in [0.3, 0.4) is 0 Å². The van der Waals surface area contributed by atoms with Crippen LogP contribution in [0.1, 0.15) is 75.5 Å². The third kappa shape index (κ3) is 5.60. The molecule has 0 aliphatic carbocycles. The van der Waals surface area contributed by atoms with Crippen LogP contribution in [0, 0.1) is 20.9 Å². The number of nitrogens with zero attached hydrogens (tertiary/aromatic N) is 2. The zero-order valence-electron chi connectivity index (χ0n) is 26.9. The number of carbonyl (C=O) groups is 2. The molecule has 3 aromatic rings. The number of nitro benzene ring substituents is 1. The molecule has 9 nitrogen and oxygen atoms in total. The number of likely N-dealkylation sites (tertiary alicyclic amines) is 1. The van der Waals surface area contributed by atoms with Crippen molar-refractivity contribution in [1.82, 2.24) is 10.2 Å². The zero-order valence-corrected chi connectivity index (χ0v) is 26.9. The first-order valence-electron chi connectivity index (χ1n) is 16.3. The lowest BCUT2D eigenvalue weighted by molar-refractivity contribution is -0.385. The summed E-state index contributed by atoms with van der Waals surface area (Å²) in [6.07, 6.45) is 2.85. The number of nitro groups is 1. The molecule has 0 bridgehead atoms. The van der Waals surface area contributed by atoms with Gasteiger partial charge in [-0.25, -0.2) is 0 Å². The molecule has 2 saturated heterocycles. The van der Waals surface area contributed by atoms with Gasteiger partial charge in [0.15, 0.2) is 0 Å². The second-order valence-electron chi connectivity index (χ2n) is 13.2. The summed E-state index contributed by atoms with van der Waals surface area (Å²) in [5.74, 6) is -3.20. The maximum atomic E-state index is 13.7. The summed E-state index contributed by atoms with van der Waals surface area (Å²) >= 11 is 0. The molecule has 5 unspecified atom stereocenters. The van der Waals surface area contributed by atoms with Gasteiger partial charge in [-0.1, -0.05) is 86.6 Å². The number of hydrogen-bond donors (Lipinski definition) is 3. The third-order valence-electron chi connectivity index (χ3n) is 11.2. The van der Waals surface area contributed by atoms with E-state index in [2.05, 4.69) is 58.7 Å². The van der Waals surface area contributed by atoms with Crippen LogP contribution < -0.4 is 5.32 Å². The largest absolute Gasteiger partial charge is 0.481 e. The molecule has 0 aromatic heterocycles. The minimum atomic E-state index is -1.54. The average Bonchev–Trinajstić information content (AvgIpc) is 3.08. The van der Waals surface area contributed by atoms with Gasteiger partial charge in [-0.15, -0.1) is 0 Å². The molecule has 5 atom stereocenters. The van der Waals surface area contributed by atoms with E-state index in [0.717, 1.165) is 25.9 Å². The Morgan fingerprint density at radius 2 is 1.43 bits per heavy atom. The third-order valence-corrected chi connectivity index (χ3v) is 11.2. The quantitative estimate of drug-likeness (QED) is 0.163. The number of nitrogens with one attached hydrogen (secondary N) is 1. The van der Waals surface area contributed by atoms with Crippen molar-refractivity contribution in [3.63, 3.8) is 0 Å². The summed E-state index contributed by atoms with van der Waals surface area (Å²) in [6.45, 7) is 7.38. The van der Waals surface area contributed by atoms with Crippen LogP contribution in [0.5, 0.6) is 0 Å². The summed E-state index contributed by atoms with van der Waals surface area (Å²) < 4.78 is 0. The van der Waals surface area contributed by atoms with Gasteiger partial charge >= 0.3 is 11.9 Å². The first-order chi connectivity index (χ1) is 22.0. The summed E-state index contributed by atoms with van der Waals surface area (Å²) in [6, 6.07) is 25.9. The van der Waals surface area contributed by atoms with E-state index in [1.807, 2.05) is 26.0 Å². The monoisotopic (exact) mass is 627 g/mol. The molecule has 244 valence electrons. The van der Waals surface area contributed by atoms with E-state index in [1.54, 1.807) is 13.0 Å². The smallest absolute Gasteiger partial charge is 0.311 e. The van der Waals surface area contributed by atoms with E-state index in [9.17, 15) is 29.9 Å². The second-order valence-corrected chi connectivity index (χ2v) is 13.2. The second kappa shape index (κ2) is 13.3. The molecular weight excluding hydrogens is 582 g/mol. The number of aliphatic carboxylic acids is 2. The molecule has 0 saturated carbocycles. The summed E-state index contributed by atoms with van der Waals surface area (Å²) in [4.78, 5) is 40.5. The van der Waals surface area contributed by atoms with E-state index >= 15 is 0 Å². The van der Waals surface area contributed by atoms with E-state index in [0.29, 0.717) is 24.9 Å². The van der Waals surface area contributed by atoms with Gasteiger partial charge in [0.1, 0.15) is 0 Å². The number of carboxylic acids is 2. The highest BCUT2D eigenvalue weighted by Gasteiger charge is 2.66. The van der Waals surface area contributed by atoms with Crippen molar-refractivity contribution in [3.8, 4) is 0 Å². The standard InChI is InChI=1S/C37H45N3O6/c1-4-30-35(3,33(41)42)32(26-13-12-18-29(25-26)40(45)46)37(34(43)44,31(5-2)38-30)21-24-39-22-19-36(20-23-39,27-14-8-6-9-15-27)28-16-10-7-11-17-28/h6-18,25,30-32,38H,4-5,19-24H2,1-3H3,(H,41,42)(H,43,44). The van der Waals surface area contributed by atoms with Gasteiger partial charge in [-0.05, 0) is 75.4 Å². The normalized spacial score (nSPS) is 27.9. The molecule has 2 fully saturated rings. The molecule has 3 aromatic carbocycles. The van der Waals surface area contributed by atoms with Gasteiger partial charge in [-0.3, -0.25) is 19.7 Å². The minimum Gasteiger partial charge on any atom is -0.481 e. The van der Waals surface area contributed by atoms with Crippen molar-refractivity contribution in [2.75, 3.05) is 19.6 Å². The molecule has 5 rings (SSSR count).